The summed E-state index contributed by atoms with van der Waals surface area (Å²) in [5.74, 6) is 0.00485. The van der Waals surface area contributed by atoms with Gasteiger partial charge in [0.2, 0.25) is 0 Å². The van der Waals surface area contributed by atoms with Gasteiger partial charge in [-0.3, -0.25) is 4.79 Å². The van der Waals surface area contributed by atoms with Gasteiger partial charge in [-0.15, -0.1) is 0 Å². The summed E-state index contributed by atoms with van der Waals surface area (Å²) in [4.78, 5) is 12.6. The number of aliphatic carboxylic acids is 1. The quantitative estimate of drug-likeness (QED) is 0.732. The average Bonchev–Trinajstić information content (AvgIpc) is 2.42. The Morgan fingerprint density at radius 1 is 1.43 bits per heavy atom. The molecule has 1 rings (SSSR count). The summed E-state index contributed by atoms with van der Waals surface area (Å²) >= 11 is 0. The van der Waals surface area contributed by atoms with E-state index in [0.717, 1.165) is 30.1 Å². The lowest BCUT2D eigenvalue weighted by molar-refractivity contribution is -0.136. The standard InChI is InChI=1S/C16H26N2O3/c1-5-17-11-13-6-7-14(15(10-13)21-12(2)3)18(4)9-8-16(19)20/h6-7,10,12,17H,5,8-9,11H2,1-4H3,(H,19,20). The molecule has 0 aliphatic heterocycles. The van der Waals surface area contributed by atoms with Crippen LogP contribution in [0.5, 0.6) is 5.75 Å². The molecule has 2 N–H and O–H groups in total. The van der Waals surface area contributed by atoms with Gasteiger partial charge in [0.1, 0.15) is 5.75 Å². The third-order valence-electron chi connectivity index (χ3n) is 3.04. The predicted molar refractivity (Wildman–Crippen MR) is 85.1 cm³/mol. The smallest absolute Gasteiger partial charge is 0.305 e. The Labute approximate surface area is 126 Å². The van der Waals surface area contributed by atoms with E-state index in [1.807, 2.05) is 44.0 Å². The highest BCUT2D eigenvalue weighted by molar-refractivity contribution is 5.68. The first-order valence-electron chi connectivity index (χ1n) is 7.37. The van der Waals surface area contributed by atoms with Crippen LogP contribution in [-0.2, 0) is 11.3 Å². The lowest BCUT2D eigenvalue weighted by atomic mass is 10.1. The van der Waals surface area contributed by atoms with E-state index >= 15 is 0 Å². The molecule has 5 nitrogen and oxygen atoms in total. The number of benzene rings is 1. The number of nitrogens with zero attached hydrogens (tertiary/aromatic N) is 1. The highest BCUT2D eigenvalue weighted by Gasteiger charge is 2.12. The van der Waals surface area contributed by atoms with Crippen LogP contribution in [0.4, 0.5) is 5.69 Å². The fraction of sp³-hybridized carbons (Fsp3) is 0.562. The molecule has 0 saturated carbocycles. The normalized spacial score (nSPS) is 10.7. The first-order valence-corrected chi connectivity index (χ1v) is 7.37. The number of carboxylic acid groups (broad SMARTS) is 1. The Hall–Kier alpha value is -1.75. The van der Waals surface area contributed by atoms with Gasteiger partial charge in [-0.25, -0.2) is 0 Å². The number of carbonyl (C=O) groups is 1. The topological polar surface area (TPSA) is 61.8 Å². The maximum atomic E-state index is 10.7. The van der Waals surface area contributed by atoms with Crippen molar-refractivity contribution >= 4 is 11.7 Å². The zero-order valence-corrected chi connectivity index (χ0v) is 13.3. The van der Waals surface area contributed by atoms with E-state index in [0.29, 0.717) is 6.54 Å². The third-order valence-corrected chi connectivity index (χ3v) is 3.04. The second-order valence-electron chi connectivity index (χ2n) is 5.31. The molecule has 0 aliphatic rings. The number of hydrogen-bond donors (Lipinski definition) is 2. The molecule has 0 radical (unpaired) electrons. The van der Waals surface area contributed by atoms with Crippen molar-refractivity contribution < 1.29 is 14.6 Å². The molecule has 0 bridgehead atoms. The van der Waals surface area contributed by atoms with E-state index in [4.69, 9.17) is 9.84 Å². The van der Waals surface area contributed by atoms with E-state index < -0.39 is 5.97 Å². The minimum Gasteiger partial charge on any atom is -0.489 e. The maximum absolute atomic E-state index is 10.7. The summed E-state index contributed by atoms with van der Waals surface area (Å²) in [5, 5.41) is 12.1. The molecule has 0 unspecified atom stereocenters. The summed E-state index contributed by atoms with van der Waals surface area (Å²) in [6.07, 6.45) is 0.183. The molecular formula is C16H26N2O3. The van der Waals surface area contributed by atoms with Crippen LogP contribution in [0.2, 0.25) is 0 Å². The highest BCUT2D eigenvalue weighted by Crippen LogP contribution is 2.30. The number of rotatable bonds is 9. The van der Waals surface area contributed by atoms with Crippen molar-refractivity contribution in [2.24, 2.45) is 0 Å². The van der Waals surface area contributed by atoms with Gasteiger partial charge in [-0.1, -0.05) is 13.0 Å². The van der Waals surface area contributed by atoms with Crippen LogP contribution in [0.1, 0.15) is 32.8 Å². The van der Waals surface area contributed by atoms with E-state index in [-0.39, 0.29) is 12.5 Å². The van der Waals surface area contributed by atoms with Gasteiger partial charge >= 0.3 is 5.97 Å². The van der Waals surface area contributed by atoms with Gasteiger partial charge in [0, 0.05) is 20.1 Å². The van der Waals surface area contributed by atoms with Gasteiger partial charge in [0.05, 0.1) is 18.2 Å². The SMILES string of the molecule is CCNCc1ccc(N(C)CCC(=O)O)c(OC(C)C)c1. The zero-order chi connectivity index (χ0) is 15.8. The molecule has 1 aromatic rings. The van der Waals surface area contributed by atoms with Crippen LogP contribution in [-0.4, -0.2) is 37.3 Å². The van der Waals surface area contributed by atoms with E-state index in [1.54, 1.807) is 0 Å². The van der Waals surface area contributed by atoms with Crippen LogP contribution in [0, 0.1) is 0 Å². The third kappa shape index (κ3) is 6.04. The molecule has 118 valence electrons. The summed E-state index contributed by atoms with van der Waals surface area (Å²) in [7, 11) is 1.88. The fourth-order valence-corrected chi connectivity index (χ4v) is 1.99. The molecule has 0 atom stereocenters. The van der Waals surface area contributed by atoms with Crippen molar-refractivity contribution in [2.75, 3.05) is 25.0 Å². The van der Waals surface area contributed by atoms with Gasteiger partial charge in [0.25, 0.3) is 0 Å². The Morgan fingerprint density at radius 3 is 2.71 bits per heavy atom. The van der Waals surface area contributed by atoms with Gasteiger partial charge in [-0.05, 0) is 38.1 Å². The van der Waals surface area contributed by atoms with Crippen LogP contribution >= 0.6 is 0 Å². The average molecular weight is 294 g/mol. The summed E-state index contributed by atoms with van der Waals surface area (Å²) < 4.78 is 5.88. The van der Waals surface area contributed by atoms with E-state index in [9.17, 15) is 4.79 Å². The number of nitrogens with one attached hydrogen (secondary N) is 1. The Balaban J connectivity index is 2.91. The number of hydrogen-bond acceptors (Lipinski definition) is 4. The van der Waals surface area contributed by atoms with Crippen molar-refractivity contribution in [2.45, 2.75) is 39.8 Å². The Kier molecular flexibility index (Phi) is 7.02. The molecule has 0 saturated heterocycles. The predicted octanol–water partition coefficient (Wildman–Crippen LogP) is 2.49. The molecule has 0 fully saturated rings. The molecule has 0 aliphatic carbocycles. The lowest BCUT2D eigenvalue weighted by Gasteiger charge is -2.23. The Morgan fingerprint density at radius 2 is 2.14 bits per heavy atom. The number of carboxylic acids is 1. The number of ether oxygens (including phenoxy) is 1. The molecule has 0 heterocycles. The second kappa shape index (κ2) is 8.52. The van der Waals surface area contributed by atoms with E-state index in [1.165, 1.54) is 0 Å². The zero-order valence-electron chi connectivity index (χ0n) is 13.3. The first kappa shape index (κ1) is 17.3. The molecule has 5 heteroatoms. The van der Waals surface area contributed by atoms with E-state index in [2.05, 4.69) is 12.2 Å². The van der Waals surface area contributed by atoms with Crippen molar-refractivity contribution in [3.8, 4) is 5.75 Å². The monoisotopic (exact) mass is 294 g/mol. The highest BCUT2D eigenvalue weighted by atomic mass is 16.5. The molecule has 0 spiro atoms. The Bertz CT molecular complexity index is 461. The lowest BCUT2D eigenvalue weighted by Crippen LogP contribution is -2.22. The van der Waals surface area contributed by atoms with Gasteiger partial charge < -0.3 is 20.1 Å². The van der Waals surface area contributed by atoms with Gasteiger partial charge in [0.15, 0.2) is 0 Å². The van der Waals surface area contributed by atoms with Gasteiger partial charge in [-0.2, -0.15) is 0 Å². The molecule has 0 aromatic heterocycles. The van der Waals surface area contributed by atoms with Crippen LogP contribution in [0.25, 0.3) is 0 Å². The molecule has 21 heavy (non-hydrogen) atoms. The summed E-state index contributed by atoms with van der Waals surface area (Å²) in [6.45, 7) is 8.20. The molecular weight excluding hydrogens is 268 g/mol. The maximum Gasteiger partial charge on any atom is 0.305 e. The minimum atomic E-state index is -0.794. The first-order chi connectivity index (χ1) is 9.93. The van der Waals surface area contributed by atoms with Crippen molar-refractivity contribution in [3.05, 3.63) is 23.8 Å². The molecule has 1 aromatic carbocycles. The summed E-state index contributed by atoms with van der Waals surface area (Å²) in [5.41, 5.74) is 2.08. The van der Waals surface area contributed by atoms with Crippen molar-refractivity contribution in [3.63, 3.8) is 0 Å². The largest absolute Gasteiger partial charge is 0.489 e. The second-order valence-corrected chi connectivity index (χ2v) is 5.31. The van der Waals surface area contributed by atoms with Crippen LogP contribution < -0.4 is 15.0 Å². The van der Waals surface area contributed by atoms with Crippen molar-refractivity contribution in [1.82, 2.24) is 5.32 Å². The fourth-order valence-electron chi connectivity index (χ4n) is 1.99. The van der Waals surface area contributed by atoms with Crippen molar-refractivity contribution in [1.29, 1.82) is 0 Å². The molecule has 0 amide bonds. The van der Waals surface area contributed by atoms with Crippen LogP contribution in [0.3, 0.4) is 0 Å². The van der Waals surface area contributed by atoms with Crippen LogP contribution in [0.15, 0.2) is 18.2 Å². The number of anilines is 1. The summed E-state index contributed by atoms with van der Waals surface area (Å²) in [6, 6.07) is 6.06. The minimum absolute atomic E-state index is 0.0750.